The molecule has 0 aliphatic heterocycles. The molecule has 1 saturated carbocycles. The van der Waals surface area contributed by atoms with Gasteiger partial charge in [-0.15, -0.1) is 0 Å². The number of rotatable bonds is 4. The zero-order chi connectivity index (χ0) is 13.4. The number of nitrogens with zero attached hydrogens (tertiary/aromatic N) is 3. The number of thiazole rings is 1. The van der Waals surface area contributed by atoms with Crippen LogP contribution in [0.15, 0.2) is 12.3 Å². The molecule has 0 radical (unpaired) electrons. The van der Waals surface area contributed by atoms with Gasteiger partial charge in [0, 0.05) is 25.4 Å². The van der Waals surface area contributed by atoms with Crippen LogP contribution in [0.1, 0.15) is 22.5 Å². The highest BCUT2D eigenvalue weighted by atomic mass is 32.1. The summed E-state index contributed by atoms with van der Waals surface area (Å²) in [7, 11) is 1.79. The lowest BCUT2D eigenvalue weighted by Gasteiger charge is -1.99. The lowest BCUT2D eigenvalue weighted by molar-refractivity contribution is 0.103. The Morgan fingerprint density at radius 3 is 3.00 bits per heavy atom. The largest absolute Gasteiger partial charge is 0.382 e. The van der Waals surface area contributed by atoms with E-state index in [9.17, 15) is 4.79 Å². The molecular weight excluding hydrogens is 264 g/mol. The number of carbonyl (C=O) groups excluding carboxylic acids is 1. The standard InChI is InChI=1S/C11H14N6OS/c1-17-5-4-7(16-17)14-10(18)8-9(12)15-11(19-8)13-6-2-3-6/h4-6H,2-3,12H2,1H3,(H,13,15)(H,14,16,18). The Morgan fingerprint density at radius 2 is 2.37 bits per heavy atom. The predicted octanol–water partition coefficient (Wildman–Crippen LogP) is 1.29. The first kappa shape index (κ1) is 12.0. The molecule has 0 saturated heterocycles. The van der Waals surface area contributed by atoms with E-state index < -0.39 is 0 Å². The highest BCUT2D eigenvalue weighted by Gasteiger charge is 2.24. The Morgan fingerprint density at radius 1 is 1.58 bits per heavy atom. The van der Waals surface area contributed by atoms with Crippen molar-refractivity contribution >= 4 is 34.0 Å². The van der Waals surface area contributed by atoms with Crippen LogP contribution in [0, 0.1) is 0 Å². The van der Waals surface area contributed by atoms with E-state index in [1.165, 1.54) is 11.3 Å². The zero-order valence-corrected chi connectivity index (χ0v) is 11.2. The molecule has 8 heteroatoms. The van der Waals surface area contributed by atoms with Crippen LogP contribution in [-0.2, 0) is 7.05 Å². The fourth-order valence-electron chi connectivity index (χ4n) is 1.61. The summed E-state index contributed by atoms with van der Waals surface area (Å²) < 4.78 is 1.62. The topological polar surface area (TPSA) is 97.9 Å². The van der Waals surface area contributed by atoms with Gasteiger partial charge in [0.25, 0.3) is 5.91 Å². The van der Waals surface area contributed by atoms with Crippen molar-refractivity contribution < 1.29 is 4.79 Å². The molecule has 2 heterocycles. The van der Waals surface area contributed by atoms with Gasteiger partial charge in [0.15, 0.2) is 10.9 Å². The number of nitrogens with two attached hydrogens (primary N) is 1. The fraction of sp³-hybridized carbons (Fsp3) is 0.364. The van der Waals surface area contributed by atoms with Crippen molar-refractivity contribution in [1.29, 1.82) is 0 Å². The third kappa shape index (κ3) is 2.68. The van der Waals surface area contributed by atoms with Crippen LogP contribution >= 0.6 is 11.3 Å². The molecule has 3 rings (SSSR count). The second-order valence-corrected chi connectivity index (χ2v) is 5.48. The first-order chi connectivity index (χ1) is 9.11. The maximum atomic E-state index is 12.1. The maximum Gasteiger partial charge on any atom is 0.270 e. The minimum absolute atomic E-state index is 0.251. The summed E-state index contributed by atoms with van der Waals surface area (Å²) in [6.07, 6.45) is 4.05. The number of aromatic nitrogens is 3. The van der Waals surface area contributed by atoms with Crippen molar-refractivity contribution in [3.8, 4) is 0 Å². The van der Waals surface area contributed by atoms with Crippen molar-refractivity contribution in [2.45, 2.75) is 18.9 Å². The molecule has 4 N–H and O–H groups in total. The van der Waals surface area contributed by atoms with Crippen LogP contribution in [0.3, 0.4) is 0 Å². The first-order valence-electron chi connectivity index (χ1n) is 5.95. The molecule has 0 unspecified atom stereocenters. The summed E-state index contributed by atoms with van der Waals surface area (Å²) in [5.41, 5.74) is 5.77. The van der Waals surface area contributed by atoms with Gasteiger partial charge in [-0.3, -0.25) is 9.48 Å². The van der Waals surface area contributed by atoms with Crippen molar-refractivity contribution in [1.82, 2.24) is 14.8 Å². The van der Waals surface area contributed by atoms with Crippen LogP contribution in [-0.4, -0.2) is 26.7 Å². The van der Waals surface area contributed by atoms with E-state index in [1.807, 2.05) is 0 Å². The minimum Gasteiger partial charge on any atom is -0.382 e. The van der Waals surface area contributed by atoms with Gasteiger partial charge in [0.2, 0.25) is 0 Å². The van der Waals surface area contributed by atoms with Crippen LogP contribution in [0.2, 0.25) is 0 Å². The Bertz CT molecular complexity index is 614. The Balaban J connectivity index is 1.73. The highest BCUT2D eigenvalue weighted by Crippen LogP contribution is 2.30. The summed E-state index contributed by atoms with van der Waals surface area (Å²) in [4.78, 5) is 16.6. The van der Waals surface area contributed by atoms with Crippen LogP contribution < -0.4 is 16.4 Å². The second-order valence-electron chi connectivity index (χ2n) is 4.48. The highest BCUT2D eigenvalue weighted by molar-refractivity contribution is 7.18. The van der Waals surface area contributed by atoms with Gasteiger partial charge in [0.1, 0.15) is 10.7 Å². The van der Waals surface area contributed by atoms with E-state index >= 15 is 0 Å². The molecule has 0 spiro atoms. The van der Waals surface area contributed by atoms with Gasteiger partial charge < -0.3 is 16.4 Å². The average molecular weight is 278 g/mol. The lowest BCUT2D eigenvalue weighted by atomic mass is 10.4. The van der Waals surface area contributed by atoms with E-state index in [1.54, 1.807) is 24.0 Å². The molecule has 100 valence electrons. The number of hydrogen-bond acceptors (Lipinski definition) is 6. The minimum atomic E-state index is -0.280. The summed E-state index contributed by atoms with van der Waals surface area (Å²) in [6, 6.07) is 2.20. The number of nitrogens with one attached hydrogen (secondary N) is 2. The van der Waals surface area contributed by atoms with Gasteiger partial charge in [-0.1, -0.05) is 11.3 Å². The van der Waals surface area contributed by atoms with Gasteiger partial charge in [-0.25, -0.2) is 4.98 Å². The summed E-state index contributed by atoms with van der Waals surface area (Å²) in [5, 5.41) is 10.7. The molecule has 0 aromatic carbocycles. The number of nitrogen functional groups attached to an aromatic ring is 1. The van der Waals surface area contributed by atoms with Crippen molar-refractivity contribution in [3.05, 3.63) is 17.1 Å². The van der Waals surface area contributed by atoms with Crippen LogP contribution in [0.25, 0.3) is 0 Å². The first-order valence-corrected chi connectivity index (χ1v) is 6.77. The third-order valence-corrected chi connectivity index (χ3v) is 3.72. The van der Waals surface area contributed by atoms with Gasteiger partial charge in [-0.05, 0) is 12.8 Å². The van der Waals surface area contributed by atoms with Crippen LogP contribution in [0.4, 0.5) is 16.8 Å². The number of anilines is 3. The molecule has 1 amide bonds. The zero-order valence-electron chi connectivity index (χ0n) is 10.4. The number of aryl methyl sites for hydroxylation is 1. The summed E-state index contributed by atoms with van der Waals surface area (Å²) in [5.74, 6) is 0.469. The average Bonchev–Trinajstić information content (AvgIpc) is 2.95. The summed E-state index contributed by atoms with van der Waals surface area (Å²) in [6.45, 7) is 0. The fourth-order valence-corrected chi connectivity index (χ4v) is 2.47. The Kier molecular flexibility index (Phi) is 2.86. The molecule has 0 bridgehead atoms. The quantitative estimate of drug-likeness (QED) is 0.782. The third-order valence-electron chi connectivity index (χ3n) is 2.72. The second kappa shape index (κ2) is 4.54. The SMILES string of the molecule is Cn1ccc(NC(=O)c2sc(NC3CC3)nc2N)n1. The van der Waals surface area contributed by atoms with Crippen molar-refractivity contribution in [2.75, 3.05) is 16.4 Å². The molecule has 1 fully saturated rings. The van der Waals surface area contributed by atoms with Crippen molar-refractivity contribution in [2.24, 2.45) is 7.05 Å². The maximum absolute atomic E-state index is 12.1. The molecule has 0 atom stereocenters. The number of carbonyl (C=O) groups is 1. The number of amides is 1. The monoisotopic (exact) mass is 278 g/mol. The van der Waals surface area contributed by atoms with Crippen molar-refractivity contribution in [3.63, 3.8) is 0 Å². The van der Waals surface area contributed by atoms with Crippen LogP contribution in [0.5, 0.6) is 0 Å². The summed E-state index contributed by atoms with van der Waals surface area (Å²) >= 11 is 1.27. The Labute approximate surface area is 113 Å². The lowest BCUT2D eigenvalue weighted by Crippen LogP contribution is -2.12. The number of hydrogen-bond donors (Lipinski definition) is 3. The van der Waals surface area contributed by atoms with E-state index in [0.717, 1.165) is 12.8 Å². The van der Waals surface area contributed by atoms with E-state index in [-0.39, 0.29) is 11.7 Å². The van der Waals surface area contributed by atoms with E-state index in [0.29, 0.717) is 21.9 Å². The normalized spacial score (nSPS) is 14.4. The smallest absolute Gasteiger partial charge is 0.270 e. The van der Waals surface area contributed by atoms with Gasteiger partial charge in [0.05, 0.1) is 0 Å². The molecule has 19 heavy (non-hydrogen) atoms. The van der Waals surface area contributed by atoms with E-state index in [4.69, 9.17) is 5.73 Å². The van der Waals surface area contributed by atoms with E-state index in [2.05, 4.69) is 20.7 Å². The Hall–Kier alpha value is -2.09. The molecule has 2 aromatic heterocycles. The molecule has 1 aliphatic rings. The molecule has 7 nitrogen and oxygen atoms in total. The van der Waals surface area contributed by atoms with Gasteiger partial charge in [-0.2, -0.15) is 5.10 Å². The van der Waals surface area contributed by atoms with Gasteiger partial charge >= 0.3 is 0 Å². The molecule has 1 aliphatic carbocycles. The molecular formula is C11H14N6OS. The molecule has 2 aromatic rings. The predicted molar refractivity (Wildman–Crippen MR) is 74.3 cm³/mol.